The molecule has 2 fully saturated rings. The highest BCUT2D eigenvalue weighted by Gasteiger charge is 2.42. The smallest absolute Gasteiger partial charge is 0.315 e. The van der Waals surface area contributed by atoms with Crippen LogP contribution in [0, 0.1) is 0 Å². The Morgan fingerprint density at radius 3 is 2.97 bits per heavy atom. The molecule has 3 amide bonds. The van der Waals surface area contributed by atoms with Crippen LogP contribution in [0.2, 0.25) is 0 Å². The number of aromatic nitrogens is 3. The molecule has 2 aliphatic heterocycles. The van der Waals surface area contributed by atoms with Crippen molar-refractivity contribution < 1.29 is 9.59 Å². The number of nitrogens with zero attached hydrogens (tertiary/aromatic N) is 3. The summed E-state index contributed by atoms with van der Waals surface area (Å²) in [5.41, 5.74) is 1.92. The van der Waals surface area contributed by atoms with Gasteiger partial charge in [-0.15, -0.1) is 5.10 Å². The number of hydrogen-bond donors (Lipinski definition) is 3. The Morgan fingerprint density at radius 2 is 2.10 bits per heavy atom. The van der Waals surface area contributed by atoms with Crippen LogP contribution in [-0.4, -0.2) is 50.0 Å². The third-order valence-corrected chi connectivity index (χ3v) is 6.83. The van der Waals surface area contributed by atoms with Crippen molar-refractivity contribution >= 4 is 23.7 Å². The highest BCUT2D eigenvalue weighted by atomic mass is 32.2. The molecular formula is C20H26N6O2S. The lowest BCUT2D eigenvalue weighted by molar-refractivity contribution is -0.121. The lowest BCUT2D eigenvalue weighted by atomic mass is 10.0. The summed E-state index contributed by atoms with van der Waals surface area (Å²) in [5.74, 6) is 1.01. The predicted molar refractivity (Wildman–Crippen MR) is 111 cm³/mol. The molecule has 0 spiro atoms. The van der Waals surface area contributed by atoms with Gasteiger partial charge < -0.3 is 16.0 Å². The summed E-state index contributed by atoms with van der Waals surface area (Å²) >= 11 is 1.91. The van der Waals surface area contributed by atoms with Crippen molar-refractivity contribution in [1.29, 1.82) is 0 Å². The van der Waals surface area contributed by atoms with E-state index in [1.165, 1.54) is 0 Å². The van der Waals surface area contributed by atoms with Gasteiger partial charge in [-0.25, -0.2) is 9.48 Å². The van der Waals surface area contributed by atoms with E-state index in [2.05, 4.69) is 26.3 Å². The minimum atomic E-state index is -0.0506. The van der Waals surface area contributed by atoms with Gasteiger partial charge in [0.15, 0.2) is 0 Å². The summed E-state index contributed by atoms with van der Waals surface area (Å²) in [4.78, 5) is 23.5. The number of nitrogens with one attached hydrogen (secondary N) is 3. The highest BCUT2D eigenvalue weighted by molar-refractivity contribution is 8.00. The summed E-state index contributed by atoms with van der Waals surface area (Å²) < 4.78 is 1.78. The van der Waals surface area contributed by atoms with Gasteiger partial charge >= 0.3 is 6.03 Å². The number of carbonyl (C=O) groups excluding carboxylic acids is 2. The summed E-state index contributed by atoms with van der Waals surface area (Å²) in [6.07, 6.45) is 5.23. The monoisotopic (exact) mass is 414 g/mol. The molecule has 2 aromatic rings. The number of urea groups is 1. The molecule has 29 heavy (non-hydrogen) atoms. The van der Waals surface area contributed by atoms with E-state index in [1.807, 2.05) is 48.3 Å². The van der Waals surface area contributed by atoms with Crippen LogP contribution in [-0.2, 0) is 17.9 Å². The molecule has 2 saturated heterocycles. The van der Waals surface area contributed by atoms with Gasteiger partial charge in [0.05, 0.1) is 31.4 Å². The second kappa shape index (κ2) is 9.30. The average molecular weight is 415 g/mol. The first kappa shape index (κ1) is 19.8. The second-order valence-corrected chi connectivity index (χ2v) is 8.81. The molecule has 0 radical (unpaired) electrons. The van der Waals surface area contributed by atoms with E-state index in [9.17, 15) is 9.59 Å². The summed E-state index contributed by atoms with van der Waals surface area (Å²) in [6, 6.07) is 10.5. The van der Waals surface area contributed by atoms with Gasteiger partial charge in [-0.05, 0) is 18.4 Å². The van der Waals surface area contributed by atoms with Gasteiger partial charge in [0.25, 0.3) is 0 Å². The maximum atomic E-state index is 12.1. The predicted octanol–water partition coefficient (Wildman–Crippen LogP) is 1.67. The molecule has 3 N–H and O–H groups in total. The van der Waals surface area contributed by atoms with Crippen molar-refractivity contribution in [3.8, 4) is 0 Å². The van der Waals surface area contributed by atoms with E-state index in [0.29, 0.717) is 24.8 Å². The molecule has 4 rings (SSSR count). The molecule has 0 saturated carbocycles. The third-order valence-electron chi connectivity index (χ3n) is 5.32. The summed E-state index contributed by atoms with van der Waals surface area (Å²) in [6.45, 7) is 1.06. The van der Waals surface area contributed by atoms with Crippen LogP contribution in [0.15, 0.2) is 36.5 Å². The Bertz CT molecular complexity index is 843. The molecule has 1 aromatic heterocycles. The Morgan fingerprint density at radius 1 is 1.24 bits per heavy atom. The first-order valence-electron chi connectivity index (χ1n) is 10.1. The second-order valence-electron chi connectivity index (χ2n) is 7.54. The lowest BCUT2D eigenvalue weighted by Gasteiger charge is -2.16. The minimum Gasteiger partial charge on any atom is -0.350 e. The molecule has 9 heteroatoms. The highest BCUT2D eigenvalue weighted by Crippen LogP contribution is 2.33. The van der Waals surface area contributed by atoms with Crippen molar-refractivity contribution in [2.24, 2.45) is 0 Å². The summed E-state index contributed by atoms with van der Waals surface area (Å²) in [5, 5.41) is 17.6. The standard InChI is InChI=1S/C20H26N6O2S/c27-18(9-5-4-8-17-19-16(13-29-17)22-20(28)23-19)21-10-15-12-26(25-24-15)11-14-6-2-1-3-7-14/h1-3,6-7,12,16-17,19H,4-5,8-11,13H2,(H,21,27)(H2,22,23,28)/t16-,17-,19-/m0/s1. The molecule has 0 bridgehead atoms. The number of benzene rings is 1. The first-order valence-corrected chi connectivity index (χ1v) is 11.1. The minimum absolute atomic E-state index is 0.0374. The van der Waals surface area contributed by atoms with E-state index in [-0.39, 0.29) is 24.0 Å². The molecule has 154 valence electrons. The molecule has 0 aliphatic carbocycles. The number of rotatable bonds is 9. The van der Waals surface area contributed by atoms with Crippen molar-refractivity contribution in [1.82, 2.24) is 30.9 Å². The van der Waals surface area contributed by atoms with Gasteiger partial charge in [0, 0.05) is 17.4 Å². The van der Waals surface area contributed by atoms with E-state index < -0.39 is 0 Å². The maximum absolute atomic E-state index is 12.1. The zero-order valence-electron chi connectivity index (χ0n) is 16.2. The van der Waals surface area contributed by atoms with Crippen molar-refractivity contribution in [2.45, 2.75) is 56.1 Å². The van der Waals surface area contributed by atoms with Gasteiger partial charge in [0.2, 0.25) is 5.91 Å². The Balaban J connectivity index is 1.12. The average Bonchev–Trinajstić information content (AvgIpc) is 3.41. The number of carbonyl (C=O) groups is 2. The van der Waals surface area contributed by atoms with Crippen LogP contribution in [0.3, 0.4) is 0 Å². The third kappa shape index (κ3) is 5.29. The molecule has 3 atom stereocenters. The molecule has 0 unspecified atom stereocenters. The van der Waals surface area contributed by atoms with Gasteiger partial charge in [-0.3, -0.25) is 4.79 Å². The largest absolute Gasteiger partial charge is 0.350 e. The van der Waals surface area contributed by atoms with Gasteiger partial charge in [-0.1, -0.05) is 42.0 Å². The fourth-order valence-corrected chi connectivity index (χ4v) is 5.36. The number of fused-ring (bicyclic) bond motifs is 1. The van der Waals surface area contributed by atoms with Crippen LogP contribution < -0.4 is 16.0 Å². The summed E-state index contributed by atoms with van der Waals surface area (Å²) in [7, 11) is 0. The van der Waals surface area contributed by atoms with E-state index in [1.54, 1.807) is 4.68 Å². The Labute approximate surface area is 174 Å². The van der Waals surface area contributed by atoms with Crippen LogP contribution in [0.5, 0.6) is 0 Å². The zero-order valence-corrected chi connectivity index (χ0v) is 17.0. The van der Waals surface area contributed by atoms with Crippen molar-refractivity contribution in [3.63, 3.8) is 0 Å². The Kier molecular flexibility index (Phi) is 6.33. The molecule has 8 nitrogen and oxygen atoms in total. The normalized spacial score (nSPS) is 22.8. The van der Waals surface area contributed by atoms with Crippen LogP contribution >= 0.6 is 11.8 Å². The first-order chi connectivity index (χ1) is 14.2. The number of hydrogen-bond acceptors (Lipinski definition) is 5. The number of thioether (sulfide) groups is 1. The number of unbranched alkanes of at least 4 members (excludes halogenated alkanes) is 1. The van der Waals surface area contributed by atoms with Gasteiger partial charge in [0.1, 0.15) is 5.69 Å². The van der Waals surface area contributed by atoms with Crippen LogP contribution in [0.4, 0.5) is 4.79 Å². The quantitative estimate of drug-likeness (QED) is 0.428. The molecular weight excluding hydrogens is 388 g/mol. The van der Waals surface area contributed by atoms with Gasteiger partial charge in [-0.2, -0.15) is 11.8 Å². The van der Waals surface area contributed by atoms with E-state index in [0.717, 1.165) is 36.3 Å². The molecule has 1 aromatic carbocycles. The topological polar surface area (TPSA) is 101 Å². The SMILES string of the molecule is O=C(CCCC[C@@H]1SC[C@@H]2NC(=O)N[C@@H]21)NCc1cn(Cc2ccccc2)nn1. The maximum Gasteiger partial charge on any atom is 0.315 e. The van der Waals surface area contributed by atoms with Crippen LogP contribution in [0.1, 0.15) is 36.9 Å². The molecule has 3 heterocycles. The zero-order chi connectivity index (χ0) is 20.1. The van der Waals surface area contributed by atoms with Crippen LogP contribution in [0.25, 0.3) is 0 Å². The fraction of sp³-hybridized carbons (Fsp3) is 0.500. The number of amides is 3. The lowest BCUT2D eigenvalue weighted by Crippen LogP contribution is -2.36. The van der Waals surface area contributed by atoms with Crippen molar-refractivity contribution in [3.05, 3.63) is 47.8 Å². The fourth-order valence-electron chi connectivity index (χ4n) is 3.82. The molecule has 2 aliphatic rings. The van der Waals surface area contributed by atoms with E-state index in [4.69, 9.17) is 0 Å². The van der Waals surface area contributed by atoms with Crippen molar-refractivity contribution in [2.75, 3.05) is 5.75 Å². The Hall–Kier alpha value is -2.55. The van der Waals surface area contributed by atoms with E-state index >= 15 is 0 Å².